The predicted octanol–water partition coefficient (Wildman–Crippen LogP) is 4.56. The monoisotopic (exact) mass is 456 g/mol. The van der Waals surface area contributed by atoms with Crippen molar-refractivity contribution in [2.24, 2.45) is 17.1 Å². The highest BCUT2D eigenvalue weighted by atomic mass is 32.1. The number of nitrogens with zero attached hydrogens (tertiary/aromatic N) is 5. The van der Waals surface area contributed by atoms with Crippen LogP contribution in [0.1, 0.15) is 22.6 Å². The van der Waals surface area contributed by atoms with Gasteiger partial charge in [-0.05, 0) is 39.0 Å². The van der Waals surface area contributed by atoms with E-state index in [-0.39, 0.29) is 5.56 Å². The predicted molar refractivity (Wildman–Crippen MR) is 134 cm³/mol. The first-order valence-corrected chi connectivity index (χ1v) is 11.5. The number of nitrogens with one attached hydrogen (secondary N) is 1. The molecule has 166 valence electrons. The largest absolute Gasteiger partial charge is 0.358 e. The normalized spacial score (nSPS) is 12.4. The Labute approximate surface area is 194 Å². The Hall–Kier alpha value is -3.91. The minimum Gasteiger partial charge on any atom is -0.358 e. The summed E-state index contributed by atoms with van der Waals surface area (Å²) in [4.78, 5) is 22.1. The van der Waals surface area contributed by atoms with Crippen molar-refractivity contribution in [3.8, 4) is 5.69 Å². The molecule has 3 aromatic heterocycles. The molecule has 1 N–H and O–H groups in total. The fourth-order valence-electron chi connectivity index (χ4n) is 3.96. The van der Waals surface area contributed by atoms with Gasteiger partial charge in [0.15, 0.2) is 5.69 Å². The molecule has 0 aliphatic heterocycles. The Balaban J connectivity index is 1.62. The smallest absolute Gasteiger partial charge is 0.297 e. The van der Waals surface area contributed by atoms with Crippen molar-refractivity contribution in [2.75, 3.05) is 0 Å². The molecule has 0 spiro atoms. The van der Waals surface area contributed by atoms with E-state index in [1.165, 1.54) is 11.3 Å². The zero-order chi connectivity index (χ0) is 23.1. The number of benzene rings is 2. The lowest BCUT2D eigenvalue weighted by Crippen LogP contribution is -2.19. The molecule has 3 heterocycles. The first-order valence-electron chi connectivity index (χ1n) is 10.6. The number of hydrogen-bond acceptors (Lipinski definition) is 4. The van der Waals surface area contributed by atoms with Crippen molar-refractivity contribution in [2.45, 2.75) is 20.8 Å². The number of aryl methyl sites for hydroxylation is 2. The topological polar surface area (TPSA) is 72.4 Å². The maximum Gasteiger partial charge on any atom is 0.297 e. The van der Waals surface area contributed by atoms with E-state index in [2.05, 4.69) is 17.1 Å². The van der Waals surface area contributed by atoms with Gasteiger partial charge >= 0.3 is 0 Å². The van der Waals surface area contributed by atoms with Crippen molar-refractivity contribution < 1.29 is 0 Å². The molecule has 0 bridgehead atoms. The van der Waals surface area contributed by atoms with E-state index >= 15 is 0 Å². The molecule has 0 aliphatic rings. The summed E-state index contributed by atoms with van der Waals surface area (Å²) in [7, 11) is 1.87. The van der Waals surface area contributed by atoms with Crippen LogP contribution in [0.25, 0.3) is 16.6 Å². The molecule has 0 aliphatic carbocycles. The summed E-state index contributed by atoms with van der Waals surface area (Å²) in [6, 6.07) is 17.8. The molecule has 33 heavy (non-hydrogen) atoms. The SMILES string of the molecule is Cc1[nH]c2ccccc2c1C=Nn1c(C)csc1=Nc1c(C)n(C)n(-c2ccccc2)c1=O. The highest BCUT2D eigenvalue weighted by Crippen LogP contribution is 2.20. The van der Waals surface area contributed by atoms with Crippen LogP contribution in [-0.2, 0) is 7.05 Å². The van der Waals surface area contributed by atoms with E-state index < -0.39 is 0 Å². The molecular weight excluding hydrogens is 432 g/mol. The Bertz CT molecular complexity index is 1630. The lowest BCUT2D eigenvalue weighted by atomic mass is 10.1. The molecule has 0 saturated carbocycles. The van der Waals surface area contributed by atoms with Crippen LogP contribution in [0.2, 0.25) is 0 Å². The van der Waals surface area contributed by atoms with Crippen molar-refractivity contribution in [1.29, 1.82) is 0 Å². The van der Waals surface area contributed by atoms with E-state index in [4.69, 9.17) is 10.1 Å². The summed E-state index contributed by atoms with van der Waals surface area (Å²) >= 11 is 1.46. The third-order valence-corrected chi connectivity index (χ3v) is 6.76. The molecule has 0 amide bonds. The van der Waals surface area contributed by atoms with Gasteiger partial charge in [0.2, 0.25) is 4.80 Å². The lowest BCUT2D eigenvalue weighted by Gasteiger charge is -2.07. The van der Waals surface area contributed by atoms with Crippen LogP contribution in [0.3, 0.4) is 0 Å². The molecule has 8 heteroatoms. The van der Waals surface area contributed by atoms with E-state index in [1.54, 1.807) is 9.36 Å². The van der Waals surface area contributed by atoms with Crippen LogP contribution in [0.4, 0.5) is 5.69 Å². The van der Waals surface area contributed by atoms with Crippen molar-refractivity contribution in [3.63, 3.8) is 0 Å². The number of aromatic nitrogens is 4. The number of hydrogen-bond donors (Lipinski definition) is 1. The van der Waals surface area contributed by atoms with E-state index in [0.717, 1.165) is 39.2 Å². The highest BCUT2D eigenvalue weighted by Gasteiger charge is 2.16. The minimum atomic E-state index is -0.157. The zero-order valence-corrected chi connectivity index (χ0v) is 19.7. The first-order chi connectivity index (χ1) is 16.0. The van der Waals surface area contributed by atoms with Gasteiger partial charge in [0, 0.05) is 34.6 Å². The second kappa shape index (κ2) is 8.22. The molecule has 2 aromatic carbocycles. The Morgan fingerprint density at radius 3 is 2.52 bits per heavy atom. The number of aromatic amines is 1. The van der Waals surface area contributed by atoms with Crippen LogP contribution < -0.4 is 10.4 Å². The average molecular weight is 457 g/mol. The van der Waals surface area contributed by atoms with Crippen LogP contribution in [0.15, 0.2) is 74.9 Å². The number of thiazole rings is 1. The van der Waals surface area contributed by atoms with E-state index in [1.807, 2.05) is 86.6 Å². The molecule has 0 unspecified atom stereocenters. The van der Waals surface area contributed by atoms with Gasteiger partial charge in [0.25, 0.3) is 5.56 Å². The van der Waals surface area contributed by atoms with Crippen molar-refractivity contribution >= 4 is 34.1 Å². The quantitative estimate of drug-likeness (QED) is 0.396. The molecule has 5 aromatic rings. The van der Waals surface area contributed by atoms with E-state index in [0.29, 0.717) is 10.5 Å². The molecular formula is C25H24N6OS. The molecule has 0 saturated heterocycles. The van der Waals surface area contributed by atoms with Gasteiger partial charge in [0.05, 0.1) is 23.3 Å². The summed E-state index contributed by atoms with van der Waals surface area (Å²) in [6.45, 7) is 5.93. The number of para-hydroxylation sites is 2. The second-order valence-corrected chi connectivity index (χ2v) is 8.78. The Kier molecular flexibility index (Phi) is 5.22. The lowest BCUT2D eigenvalue weighted by molar-refractivity contribution is 0.630. The van der Waals surface area contributed by atoms with Gasteiger partial charge in [-0.1, -0.05) is 36.4 Å². The molecule has 5 rings (SSSR count). The van der Waals surface area contributed by atoms with Crippen LogP contribution in [-0.4, -0.2) is 25.2 Å². The standard InChI is InChI=1S/C25H24N6OS/c1-16-15-33-25(30(16)26-14-21-17(2)27-22-13-9-8-12-20(21)22)28-23-18(3)29(4)31(24(23)32)19-10-6-5-7-11-19/h5-15,27H,1-4H3. The van der Waals surface area contributed by atoms with Gasteiger partial charge < -0.3 is 4.98 Å². The summed E-state index contributed by atoms with van der Waals surface area (Å²) in [5.74, 6) is 0. The third kappa shape index (κ3) is 3.58. The summed E-state index contributed by atoms with van der Waals surface area (Å²) in [6.07, 6.45) is 1.85. The van der Waals surface area contributed by atoms with Crippen LogP contribution >= 0.6 is 11.3 Å². The van der Waals surface area contributed by atoms with Gasteiger partial charge in [-0.25, -0.2) is 14.4 Å². The Morgan fingerprint density at radius 1 is 1.00 bits per heavy atom. The first kappa shape index (κ1) is 21.0. The fourth-order valence-corrected chi connectivity index (χ4v) is 4.77. The van der Waals surface area contributed by atoms with Crippen molar-refractivity contribution in [1.82, 2.24) is 19.0 Å². The van der Waals surface area contributed by atoms with Crippen LogP contribution in [0, 0.1) is 20.8 Å². The van der Waals surface area contributed by atoms with Crippen molar-refractivity contribution in [3.05, 3.63) is 97.8 Å². The third-order valence-electron chi connectivity index (χ3n) is 5.83. The molecule has 0 atom stereocenters. The molecule has 0 radical (unpaired) electrons. The Morgan fingerprint density at radius 2 is 1.73 bits per heavy atom. The maximum atomic E-state index is 13.3. The van der Waals surface area contributed by atoms with Gasteiger partial charge in [-0.15, -0.1) is 11.3 Å². The summed E-state index contributed by atoms with van der Waals surface area (Å²) < 4.78 is 5.25. The summed E-state index contributed by atoms with van der Waals surface area (Å²) in [5.41, 5.74) is 5.97. The number of rotatable bonds is 4. The summed E-state index contributed by atoms with van der Waals surface area (Å²) in [5, 5.41) is 7.85. The fraction of sp³-hybridized carbons (Fsp3) is 0.160. The zero-order valence-electron chi connectivity index (χ0n) is 18.9. The second-order valence-electron chi connectivity index (χ2n) is 7.95. The molecule has 7 nitrogen and oxygen atoms in total. The van der Waals surface area contributed by atoms with Gasteiger partial charge in [-0.2, -0.15) is 5.10 Å². The van der Waals surface area contributed by atoms with Gasteiger partial charge in [-0.3, -0.25) is 9.48 Å². The van der Waals surface area contributed by atoms with Crippen LogP contribution in [0.5, 0.6) is 0 Å². The van der Waals surface area contributed by atoms with E-state index in [9.17, 15) is 4.79 Å². The number of fused-ring (bicyclic) bond motifs is 1. The maximum absolute atomic E-state index is 13.3. The minimum absolute atomic E-state index is 0.157. The van der Waals surface area contributed by atoms with Gasteiger partial charge in [0.1, 0.15) is 0 Å². The molecule has 0 fully saturated rings. The number of H-pyrrole nitrogens is 1. The highest BCUT2D eigenvalue weighted by molar-refractivity contribution is 7.07. The average Bonchev–Trinajstić information content (AvgIpc) is 3.40.